The summed E-state index contributed by atoms with van der Waals surface area (Å²) in [5.41, 5.74) is 3.29. The minimum Gasteiger partial charge on any atom is -0.359 e. The molecule has 1 aromatic carbocycles. The van der Waals surface area contributed by atoms with Gasteiger partial charge in [-0.15, -0.1) is 0 Å². The molecule has 1 aliphatic heterocycles. The van der Waals surface area contributed by atoms with Crippen LogP contribution in [0.4, 0.5) is 0 Å². The highest BCUT2D eigenvalue weighted by Crippen LogP contribution is 2.25. The Labute approximate surface area is 161 Å². The number of hydrogen-bond acceptors (Lipinski definition) is 4. The number of hydrogen-bond donors (Lipinski definition) is 0. The van der Waals surface area contributed by atoms with E-state index in [-0.39, 0.29) is 0 Å². The lowest BCUT2D eigenvalue weighted by Crippen LogP contribution is -2.39. The molecule has 142 valence electrons. The molecule has 0 radical (unpaired) electrons. The highest BCUT2D eigenvalue weighted by molar-refractivity contribution is 5.59. The number of benzene rings is 1. The first-order chi connectivity index (χ1) is 13.2. The normalized spacial score (nSPS) is 18.1. The lowest BCUT2D eigenvalue weighted by atomic mass is 9.97. The Kier molecular flexibility index (Phi) is 5.39. The maximum absolute atomic E-state index is 5.66. The monoisotopic (exact) mass is 364 g/mol. The molecule has 27 heavy (non-hydrogen) atoms. The molecule has 2 aromatic heterocycles. The maximum Gasteiger partial charge on any atom is 0.151 e. The number of aromatic nitrogens is 3. The number of piperidine rings is 1. The molecular formula is C22H28N4O. The highest BCUT2D eigenvalue weighted by Gasteiger charge is 2.24. The number of rotatable bonds is 6. The van der Waals surface area contributed by atoms with E-state index in [1.807, 2.05) is 12.4 Å². The third-order valence-corrected chi connectivity index (χ3v) is 5.64. The van der Waals surface area contributed by atoms with Crippen LogP contribution in [-0.2, 0) is 20.0 Å². The summed E-state index contributed by atoms with van der Waals surface area (Å²) < 4.78 is 7.78. The number of nitrogens with zero attached hydrogens (tertiary/aromatic N) is 4. The zero-order chi connectivity index (χ0) is 18.6. The second-order valence-corrected chi connectivity index (χ2v) is 7.66. The molecule has 1 saturated heterocycles. The van der Waals surface area contributed by atoms with Crippen LogP contribution in [0.3, 0.4) is 0 Å². The van der Waals surface area contributed by atoms with Gasteiger partial charge < -0.3 is 9.09 Å². The van der Waals surface area contributed by atoms with Gasteiger partial charge in [0.15, 0.2) is 5.76 Å². The fourth-order valence-corrected chi connectivity index (χ4v) is 3.98. The van der Waals surface area contributed by atoms with Crippen LogP contribution in [0.1, 0.15) is 42.8 Å². The molecule has 1 atom stereocenters. The van der Waals surface area contributed by atoms with Gasteiger partial charge >= 0.3 is 0 Å². The SMILES string of the molecule is Cc1ccc(-c2cc(CN3CCCCC3CCc3nccn3C)on2)cc1. The molecule has 3 aromatic rings. The molecular weight excluding hydrogens is 336 g/mol. The van der Waals surface area contributed by atoms with Crippen molar-refractivity contribution in [3.63, 3.8) is 0 Å². The molecule has 0 bridgehead atoms. The van der Waals surface area contributed by atoms with Gasteiger partial charge in [0.25, 0.3) is 0 Å². The minimum absolute atomic E-state index is 0.586. The van der Waals surface area contributed by atoms with Crippen molar-refractivity contribution in [2.75, 3.05) is 6.54 Å². The quantitative estimate of drug-likeness (QED) is 0.651. The van der Waals surface area contributed by atoms with Crippen LogP contribution >= 0.6 is 0 Å². The zero-order valence-corrected chi connectivity index (χ0v) is 16.3. The first-order valence-electron chi connectivity index (χ1n) is 9.92. The summed E-state index contributed by atoms with van der Waals surface area (Å²) in [5, 5.41) is 4.29. The number of aryl methyl sites for hydroxylation is 3. The Morgan fingerprint density at radius 2 is 2.04 bits per heavy atom. The molecule has 0 amide bonds. The molecule has 0 spiro atoms. The van der Waals surface area contributed by atoms with Crippen molar-refractivity contribution in [3.8, 4) is 11.3 Å². The second kappa shape index (κ2) is 8.09. The molecule has 0 N–H and O–H groups in total. The molecule has 1 aliphatic rings. The first kappa shape index (κ1) is 18.0. The molecule has 0 aliphatic carbocycles. The summed E-state index contributed by atoms with van der Waals surface area (Å²) in [4.78, 5) is 7.03. The van der Waals surface area contributed by atoms with Crippen molar-refractivity contribution in [1.82, 2.24) is 19.6 Å². The Hall–Kier alpha value is -2.40. The smallest absolute Gasteiger partial charge is 0.151 e. The lowest BCUT2D eigenvalue weighted by molar-refractivity contribution is 0.119. The highest BCUT2D eigenvalue weighted by atomic mass is 16.5. The number of imidazole rings is 1. The molecule has 5 heteroatoms. The van der Waals surface area contributed by atoms with Crippen LogP contribution < -0.4 is 0 Å². The van der Waals surface area contributed by atoms with E-state index in [4.69, 9.17) is 4.52 Å². The van der Waals surface area contributed by atoms with Gasteiger partial charge in [-0.3, -0.25) is 4.90 Å². The molecule has 1 unspecified atom stereocenters. The number of likely N-dealkylation sites (tertiary alicyclic amines) is 1. The second-order valence-electron chi connectivity index (χ2n) is 7.66. The van der Waals surface area contributed by atoms with E-state index < -0.39 is 0 Å². The molecule has 0 saturated carbocycles. The molecule has 3 heterocycles. The fraction of sp³-hybridized carbons (Fsp3) is 0.455. The van der Waals surface area contributed by atoms with Crippen LogP contribution in [0, 0.1) is 6.92 Å². The van der Waals surface area contributed by atoms with Crippen molar-refractivity contribution < 1.29 is 4.52 Å². The van der Waals surface area contributed by atoms with Crippen LogP contribution in [0.15, 0.2) is 47.2 Å². The Morgan fingerprint density at radius 3 is 2.81 bits per heavy atom. The van der Waals surface area contributed by atoms with Gasteiger partial charge in [-0.05, 0) is 32.7 Å². The summed E-state index contributed by atoms with van der Waals surface area (Å²) >= 11 is 0. The van der Waals surface area contributed by atoms with Gasteiger partial charge in [-0.2, -0.15) is 0 Å². The van der Waals surface area contributed by atoms with Crippen molar-refractivity contribution in [2.45, 2.75) is 51.6 Å². The predicted octanol–water partition coefficient (Wildman–Crippen LogP) is 4.37. The van der Waals surface area contributed by atoms with Crippen molar-refractivity contribution in [1.29, 1.82) is 0 Å². The van der Waals surface area contributed by atoms with Gasteiger partial charge in [0.2, 0.25) is 0 Å². The average Bonchev–Trinajstić information content (AvgIpc) is 3.31. The van der Waals surface area contributed by atoms with E-state index in [9.17, 15) is 0 Å². The minimum atomic E-state index is 0.586. The van der Waals surface area contributed by atoms with E-state index >= 15 is 0 Å². The largest absolute Gasteiger partial charge is 0.359 e. The van der Waals surface area contributed by atoms with E-state index in [2.05, 4.69) is 63.9 Å². The zero-order valence-electron chi connectivity index (χ0n) is 16.3. The van der Waals surface area contributed by atoms with Crippen LogP contribution in [-0.4, -0.2) is 32.2 Å². The summed E-state index contributed by atoms with van der Waals surface area (Å²) in [7, 11) is 2.07. The molecule has 4 rings (SSSR count). The first-order valence-corrected chi connectivity index (χ1v) is 9.92. The van der Waals surface area contributed by atoms with Crippen LogP contribution in [0.5, 0.6) is 0 Å². The Morgan fingerprint density at radius 1 is 1.19 bits per heavy atom. The molecule has 1 fully saturated rings. The van der Waals surface area contributed by atoms with Crippen molar-refractivity contribution >= 4 is 0 Å². The fourth-order valence-electron chi connectivity index (χ4n) is 3.98. The van der Waals surface area contributed by atoms with Gasteiger partial charge in [0.1, 0.15) is 11.5 Å². The average molecular weight is 364 g/mol. The lowest BCUT2D eigenvalue weighted by Gasteiger charge is -2.35. The Balaban J connectivity index is 1.41. The predicted molar refractivity (Wildman–Crippen MR) is 106 cm³/mol. The summed E-state index contributed by atoms with van der Waals surface area (Å²) in [6.45, 7) is 4.06. The van der Waals surface area contributed by atoms with Crippen molar-refractivity contribution in [3.05, 3.63) is 59.9 Å². The van der Waals surface area contributed by atoms with Gasteiger partial charge in [0.05, 0.1) is 6.54 Å². The standard InChI is InChI=1S/C22H28N4O/c1-17-6-8-18(9-7-17)21-15-20(27-24-21)16-26-13-4-3-5-19(26)10-11-22-23-12-14-25(22)2/h6-9,12,14-15,19H,3-5,10-11,13,16H2,1-2H3. The topological polar surface area (TPSA) is 47.1 Å². The summed E-state index contributed by atoms with van der Waals surface area (Å²) in [6.07, 6.45) is 9.90. The maximum atomic E-state index is 5.66. The van der Waals surface area contributed by atoms with Gasteiger partial charge in [0, 0.05) is 43.5 Å². The van der Waals surface area contributed by atoms with E-state index in [0.717, 1.165) is 42.9 Å². The molecule has 5 nitrogen and oxygen atoms in total. The third kappa shape index (κ3) is 4.30. The summed E-state index contributed by atoms with van der Waals surface area (Å²) in [5.74, 6) is 2.12. The van der Waals surface area contributed by atoms with E-state index in [0.29, 0.717) is 6.04 Å². The van der Waals surface area contributed by atoms with Gasteiger partial charge in [-0.1, -0.05) is 41.4 Å². The van der Waals surface area contributed by atoms with E-state index in [1.165, 1.54) is 30.7 Å². The van der Waals surface area contributed by atoms with Crippen LogP contribution in [0.25, 0.3) is 11.3 Å². The van der Waals surface area contributed by atoms with E-state index in [1.54, 1.807) is 0 Å². The Bertz CT molecular complexity index is 865. The van der Waals surface area contributed by atoms with Crippen LogP contribution in [0.2, 0.25) is 0 Å². The summed E-state index contributed by atoms with van der Waals surface area (Å²) in [6, 6.07) is 11.1. The van der Waals surface area contributed by atoms with Gasteiger partial charge in [-0.25, -0.2) is 4.98 Å². The third-order valence-electron chi connectivity index (χ3n) is 5.64. The van der Waals surface area contributed by atoms with Crippen molar-refractivity contribution in [2.24, 2.45) is 7.05 Å².